The molecule has 0 bridgehead atoms. The Bertz CT molecular complexity index is 225. The van der Waals surface area contributed by atoms with Gasteiger partial charge in [0.1, 0.15) is 0 Å². The Morgan fingerprint density at radius 2 is 1.70 bits per heavy atom. The summed E-state index contributed by atoms with van der Waals surface area (Å²) in [6.45, 7) is 1.47. The molecule has 0 aromatic heterocycles. The van der Waals surface area contributed by atoms with Crippen molar-refractivity contribution in [3.63, 3.8) is 0 Å². The van der Waals surface area contributed by atoms with Gasteiger partial charge in [-0.3, -0.25) is 4.39 Å². The van der Waals surface area contributed by atoms with E-state index >= 15 is 0 Å². The van der Waals surface area contributed by atoms with E-state index in [1.807, 2.05) is 0 Å². The second kappa shape index (κ2) is 13.6. The first-order valence-electron chi connectivity index (χ1n) is 8.37. The van der Waals surface area contributed by atoms with Gasteiger partial charge in [-0.1, -0.05) is 37.8 Å². The monoisotopic (exact) mass is 286 g/mol. The van der Waals surface area contributed by atoms with Crippen LogP contribution in [0.25, 0.3) is 0 Å². The molecule has 0 aliphatic carbocycles. The maximum atomic E-state index is 11.9. The van der Waals surface area contributed by atoms with Crippen LogP contribution in [-0.4, -0.2) is 26.2 Å². The molecule has 0 aromatic rings. The van der Waals surface area contributed by atoms with Crippen LogP contribution in [0.4, 0.5) is 4.39 Å². The van der Waals surface area contributed by atoms with Gasteiger partial charge in [-0.2, -0.15) is 0 Å². The van der Waals surface area contributed by atoms with Crippen LogP contribution in [0, 0.1) is 0 Å². The smallest absolute Gasteiger partial charge is 0.157 e. The van der Waals surface area contributed by atoms with Crippen LogP contribution in [0.1, 0.15) is 70.6 Å². The third-order valence-electron chi connectivity index (χ3n) is 3.65. The van der Waals surface area contributed by atoms with Gasteiger partial charge in [0, 0.05) is 6.61 Å². The zero-order chi connectivity index (χ0) is 14.3. The molecule has 1 aliphatic rings. The highest BCUT2D eigenvalue weighted by Crippen LogP contribution is 2.13. The minimum atomic E-state index is -0.156. The van der Waals surface area contributed by atoms with Crippen molar-refractivity contribution < 1.29 is 13.9 Å². The van der Waals surface area contributed by atoms with Gasteiger partial charge in [-0.25, -0.2) is 0 Å². The predicted molar refractivity (Wildman–Crippen MR) is 81.6 cm³/mol. The van der Waals surface area contributed by atoms with E-state index in [4.69, 9.17) is 9.47 Å². The maximum absolute atomic E-state index is 11.9. The molecule has 0 N–H and O–H groups in total. The third-order valence-corrected chi connectivity index (χ3v) is 3.65. The minimum Gasteiger partial charge on any atom is -0.353 e. The highest BCUT2D eigenvalue weighted by Gasteiger charge is 2.12. The first-order chi connectivity index (χ1) is 9.93. The largest absolute Gasteiger partial charge is 0.353 e. The number of hydrogen-bond acceptors (Lipinski definition) is 2. The molecule has 1 fully saturated rings. The molecule has 1 atom stereocenters. The van der Waals surface area contributed by atoms with E-state index in [0.717, 1.165) is 45.3 Å². The molecule has 0 radical (unpaired) electrons. The van der Waals surface area contributed by atoms with Crippen LogP contribution in [0.5, 0.6) is 0 Å². The van der Waals surface area contributed by atoms with Gasteiger partial charge in [-0.05, 0) is 44.9 Å². The molecule has 1 unspecified atom stereocenters. The van der Waals surface area contributed by atoms with Gasteiger partial charge in [0.2, 0.25) is 0 Å². The Morgan fingerprint density at radius 1 is 0.950 bits per heavy atom. The van der Waals surface area contributed by atoms with Crippen molar-refractivity contribution in [2.24, 2.45) is 0 Å². The Kier molecular flexibility index (Phi) is 12.0. The number of hydrogen-bond donors (Lipinski definition) is 0. The SMILES string of the molecule is FCCCCCCCCC=CCCOC1CCCCO1. The summed E-state index contributed by atoms with van der Waals surface area (Å²) in [6, 6.07) is 0. The highest BCUT2D eigenvalue weighted by molar-refractivity contribution is 4.81. The van der Waals surface area contributed by atoms with Gasteiger partial charge in [-0.15, -0.1) is 0 Å². The molecule has 0 saturated carbocycles. The molecule has 20 heavy (non-hydrogen) atoms. The van der Waals surface area contributed by atoms with Gasteiger partial charge in [0.25, 0.3) is 0 Å². The van der Waals surface area contributed by atoms with E-state index in [2.05, 4.69) is 12.2 Å². The standard InChI is InChI=1S/C17H31FO2/c18-14-10-7-5-3-1-2-4-6-8-11-15-19-17-13-9-12-16-20-17/h6,8,17H,1-5,7,9-16H2. The second-order valence-electron chi connectivity index (χ2n) is 5.53. The van der Waals surface area contributed by atoms with Crippen molar-refractivity contribution in [1.29, 1.82) is 0 Å². The summed E-state index contributed by atoms with van der Waals surface area (Å²) in [5.74, 6) is 0. The van der Waals surface area contributed by atoms with Gasteiger partial charge >= 0.3 is 0 Å². The summed E-state index contributed by atoms with van der Waals surface area (Å²) < 4.78 is 23.0. The van der Waals surface area contributed by atoms with Gasteiger partial charge in [0.05, 0.1) is 13.3 Å². The number of rotatable bonds is 12. The molecule has 2 nitrogen and oxygen atoms in total. The molecule has 0 aromatic carbocycles. The number of halogens is 1. The second-order valence-corrected chi connectivity index (χ2v) is 5.53. The summed E-state index contributed by atoms with van der Waals surface area (Å²) in [5, 5.41) is 0. The molecule has 0 amide bonds. The summed E-state index contributed by atoms with van der Waals surface area (Å²) in [4.78, 5) is 0. The Hall–Kier alpha value is -0.410. The summed E-state index contributed by atoms with van der Waals surface area (Å²) in [5.41, 5.74) is 0. The zero-order valence-corrected chi connectivity index (χ0v) is 12.8. The fourth-order valence-electron chi connectivity index (χ4n) is 2.41. The number of unbranched alkanes of at least 4 members (excludes halogenated alkanes) is 6. The van der Waals surface area contributed by atoms with Crippen molar-refractivity contribution >= 4 is 0 Å². The van der Waals surface area contributed by atoms with Gasteiger partial charge < -0.3 is 9.47 Å². The average Bonchev–Trinajstić information content (AvgIpc) is 2.49. The van der Waals surface area contributed by atoms with Gasteiger partial charge in [0.15, 0.2) is 6.29 Å². The third kappa shape index (κ3) is 10.4. The molecule has 3 heteroatoms. The quantitative estimate of drug-likeness (QED) is 0.364. The van der Waals surface area contributed by atoms with Crippen molar-refractivity contribution in [1.82, 2.24) is 0 Å². The van der Waals surface area contributed by atoms with Crippen LogP contribution in [0.15, 0.2) is 12.2 Å². The lowest BCUT2D eigenvalue weighted by Gasteiger charge is -2.22. The summed E-state index contributed by atoms with van der Waals surface area (Å²) >= 11 is 0. The zero-order valence-electron chi connectivity index (χ0n) is 12.8. The van der Waals surface area contributed by atoms with Crippen LogP contribution < -0.4 is 0 Å². The molecular formula is C17H31FO2. The topological polar surface area (TPSA) is 18.5 Å². The lowest BCUT2D eigenvalue weighted by molar-refractivity contribution is -0.161. The van der Waals surface area contributed by atoms with Crippen LogP contribution in [-0.2, 0) is 9.47 Å². The normalized spacial score (nSPS) is 19.8. The van der Waals surface area contributed by atoms with Crippen molar-refractivity contribution in [3.05, 3.63) is 12.2 Å². The summed E-state index contributed by atoms with van der Waals surface area (Å²) in [7, 11) is 0. The fourth-order valence-corrected chi connectivity index (χ4v) is 2.41. The first kappa shape index (κ1) is 17.6. The van der Waals surface area contributed by atoms with E-state index in [1.54, 1.807) is 0 Å². The number of allylic oxidation sites excluding steroid dienone is 1. The molecular weight excluding hydrogens is 255 g/mol. The van der Waals surface area contributed by atoms with Crippen LogP contribution in [0.2, 0.25) is 0 Å². The first-order valence-corrected chi connectivity index (χ1v) is 8.37. The molecule has 0 spiro atoms. The fraction of sp³-hybridized carbons (Fsp3) is 0.882. The Labute approximate surface area is 123 Å². The molecule has 1 aliphatic heterocycles. The number of alkyl halides is 1. The van der Waals surface area contributed by atoms with E-state index in [1.165, 1.54) is 38.5 Å². The van der Waals surface area contributed by atoms with E-state index in [0.29, 0.717) is 0 Å². The molecule has 1 heterocycles. The van der Waals surface area contributed by atoms with E-state index in [-0.39, 0.29) is 13.0 Å². The Balaban J connectivity index is 1.78. The van der Waals surface area contributed by atoms with Crippen molar-refractivity contribution in [2.45, 2.75) is 76.9 Å². The average molecular weight is 286 g/mol. The maximum Gasteiger partial charge on any atom is 0.157 e. The lowest BCUT2D eigenvalue weighted by atomic mass is 10.1. The predicted octanol–water partition coefficient (Wildman–Crippen LogP) is 5.18. The Morgan fingerprint density at radius 3 is 2.45 bits per heavy atom. The molecule has 1 saturated heterocycles. The summed E-state index contributed by atoms with van der Waals surface area (Å²) in [6.07, 6.45) is 16.8. The van der Waals surface area contributed by atoms with Crippen LogP contribution >= 0.6 is 0 Å². The van der Waals surface area contributed by atoms with E-state index < -0.39 is 0 Å². The van der Waals surface area contributed by atoms with Crippen molar-refractivity contribution in [2.75, 3.05) is 19.9 Å². The number of ether oxygens (including phenoxy) is 2. The lowest BCUT2D eigenvalue weighted by Crippen LogP contribution is -2.22. The van der Waals surface area contributed by atoms with Crippen molar-refractivity contribution in [3.8, 4) is 0 Å². The van der Waals surface area contributed by atoms with E-state index in [9.17, 15) is 4.39 Å². The highest BCUT2D eigenvalue weighted by atomic mass is 19.1. The molecule has 1 rings (SSSR count). The molecule has 118 valence electrons. The van der Waals surface area contributed by atoms with Crippen LogP contribution in [0.3, 0.4) is 0 Å². The minimum absolute atomic E-state index is 0.0430.